The standard InChI is InChI=1S/C21H30N2O3/c24-21(16-25-15-20-7-3-12-26-20)23-9-4-8-22(10-11-23)19-13-17-5-1-2-6-18(17)14-19/h1-2,5-6,19-20H,3-4,7-16H2. The zero-order valence-electron chi connectivity index (χ0n) is 15.6. The number of amides is 1. The van der Waals surface area contributed by atoms with Crippen LogP contribution in [0.4, 0.5) is 0 Å². The van der Waals surface area contributed by atoms with Crippen LogP contribution in [0.1, 0.15) is 30.4 Å². The van der Waals surface area contributed by atoms with Gasteiger partial charge in [0.25, 0.3) is 0 Å². The topological polar surface area (TPSA) is 42.0 Å². The Morgan fingerprint density at radius 2 is 1.88 bits per heavy atom. The molecule has 2 aliphatic heterocycles. The van der Waals surface area contributed by atoms with E-state index in [-0.39, 0.29) is 18.6 Å². The highest BCUT2D eigenvalue weighted by Crippen LogP contribution is 2.26. The molecular weight excluding hydrogens is 328 g/mol. The predicted octanol–water partition coefficient (Wildman–Crippen LogP) is 1.88. The number of benzene rings is 1. The molecule has 0 saturated carbocycles. The number of ether oxygens (including phenoxy) is 2. The third-order valence-corrected chi connectivity index (χ3v) is 5.98. The van der Waals surface area contributed by atoms with E-state index in [1.54, 1.807) is 0 Å². The summed E-state index contributed by atoms with van der Waals surface area (Å²) in [4.78, 5) is 17.0. The SMILES string of the molecule is O=C(COCC1CCCO1)N1CCCN(C2Cc3ccccc3C2)CC1. The minimum atomic E-state index is 0.125. The molecule has 26 heavy (non-hydrogen) atoms. The molecule has 2 saturated heterocycles. The normalized spacial score (nSPS) is 24.6. The van der Waals surface area contributed by atoms with E-state index in [0.717, 1.165) is 64.9 Å². The van der Waals surface area contributed by atoms with Gasteiger partial charge in [-0.1, -0.05) is 24.3 Å². The number of rotatable bonds is 5. The van der Waals surface area contributed by atoms with Gasteiger partial charge in [0, 0.05) is 38.8 Å². The van der Waals surface area contributed by atoms with Crippen LogP contribution in [0.5, 0.6) is 0 Å². The highest BCUT2D eigenvalue weighted by atomic mass is 16.5. The highest BCUT2D eigenvalue weighted by molar-refractivity contribution is 5.77. The first-order chi connectivity index (χ1) is 12.8. The third-order valence-electron chi connectivity index (χ3n) is 5.98. The van der Waals surface area contributed by atoms with Crippen LogP contribution in [0.15, 0.2) is 24.3 Å². The first-order valence-corrected chi connectivity index (χ1v) is 10.1. The molecule has 1 aliphatic carbocycles. The molecule has 3 aliphatic rings. The molecule has 2 fully saturated rings. The van der Waals surface area contributed by atoms with E-state index in [0.29, 0.717) is 12.6 Å². The smallest absolute Gasteiger partial charge is 0.248 e. The summed E-state index contributed by atoms with van der Waals surface area (Å²) in [5.41, 5.74) is 2.99. The molecule has 0 spiro atoms. The Balaban J connectivity index is 1.22. The van der Waals surface area contributed by atoms with Crippen LogP contribution in [-0.4, -0.2) is 73.9 Å². The molecule has 0 radical (unpaired) electrons. The lowest BCUT2D eigenvalue weighted by molar-refractivity contribution is -0.137. The van der Waals surface area contributed by atoms with Crippen molar-refractivity contribution in [1.29, 1.82) is 0 Å². The Morgan fingerprint density at radius 3 is 2.62 bits per heavy atom. The second-order valence-electron chi connectivity index (χ2n) is 7.75. The van der Waals surface area contributed by atoms with Crippen LogP contribution in [0, 0.1) is 0 Å². The van der Waals surface area contributed by atoms with Crippen molar-refractivity contribution in [2.45, 2.75) is 44.2 Å². The van der Waals surface area contributed by atoms with Crippen molar-refractivity contribution in [3.8, 4) is 0 Å². The molecule has 1 unspecified atom stereocenters. The fourth-order valence-corrected chi connectivity index (χ4v) is 4.49. The molecule has 5 nitrogen and oxygen atoms in total. The van der Waals surface area contributed by atoms with Gasteiger partial charge in [-0.25, -0.2) is 0 Å². The lowest BCUT2D eigenvalue weighted by atomic mass is 10.1. The molecule has 142 valence electrons. The summed E-state index contributed by atoms with van der Waals surface area (Å²) in [7, 11) is 0. The van der Waals surface area contributed by atoms with Crippen LogP contribution in [0.25, 0.3) is 0 Å². The first kappa shape index (κ1) is 18.0. The molecule has 1 aromatic carbocycles. The van der Waals surface area contributed by atoms with Gasteiger partial charge in [-0.3, -0.25) is 9.69 Å². The molecule has 5 heteroatoms. The fraction of sp³-hybridized carbons (Fsp3) is 0.667. The van der Waals surface area contributed by atoms with Crippen LogP contribution in [0.3, 0.4) is 0 Å². The van der Waals surface area contributed by atoms with E-state index in [2.05, 4.69) is 29.2 Å². The lowest BCUT2D eigenvalue weighted by Crippen LogP contribution is -2.41. The molecule has 0 N–H and O–H groups in total. The van der Waals surface area contributed by atoms with Gasteiger partial charge < -0.3 is 14.4 Å². The molecule has 1 atom stereocenters. The molecule has 1 amide bonds. The summed E-state index contributed by atoms with van der Waals surface area (Å²) < 4.78 is 11.2. The minimum Gasteiger partial charge on any atom is -0.376 e. The Hall–Kier alpha value is -1.43. The first-order valence-electron chi connectivity index (χ1n) is 10.1. The van der Waals surface area contributed by atoms with Crippen molar-refractivity contribution in [1.82, 2.24) is 9.80 Å². The quantitative estimate of drug-likeness (QED) is 0.806. The van der Waals surface area contributed by atoms with Crippen LogP contribution < -0.4 is 0 Å². The van der Waals surface area contributed by atoms with E-state index in [1.165, 1.54) is 11.1 Å². The zero-order valence-corrected chi connectivity index (χ0v) is 15.6. The summed E-state index contributed by atoms with van der Waals surface area (Å²) in [6, 6.07) is 9.39. The van der Waals surface area contributed by atoms with Gasteiger partial charge in [0.15, 0.2) is 0 Å². The minimum absolute atomic E-state index is 0.125. The highest BCUT2D eigenvalue weighted by Gasteiger charge is 2.29. The average Bonchev–Trinajstić information content (AvgIpc) is 3.25. The maximum atomic E-state index is 12.5. The molecule has 0 bridgehead atoms. The molecule has 4 rings (SSSR count). The molecule has 2 heterocycles. The van der Waals surface area contributed by atoms with Gasteiger partial charge in [-0.2, -0.15) is 0 Å². The number of carbonyl (C=O) groups is 1. The van der Waals surface area contributed by atoms with Crippen molar-refractivity contribution in [3.05, 3.63) is 35.4 Å². The summed E-state index contributed by atoms with van der Waals surface area (Å²) in [6.45, 7) is 5.28. The Kier molecular flexibility index (Phi) is 5.88. The number of fused-ring (bicyclic) bond motifs is 1. The number of hydrogen-bond donors (Lipinski definition) is 0. The molecule has 0 aromatic heterocycles. The third kappa shape index (κ3) is 4.27. The number of nitrogens with zero attached hydrogens (tertiary/aromatic N) is 2. The van der Waals surface area contributed by atoms with E-state index in [9.17, 15) is 4.79 Å². The van der Waals surface area contributed by atoms with E-state index in [4.69, 9.17) is 9.47 Å². The largest absolute Gasteiger partial charge is 0.376 e. The van der Waals surface area contributed by atoms with E-state index < -0.39 is 0 Å². The van der Waals surface area contributed by atoms with Crippen LogP contribution in [-0.2, 0) is 27.1 Å². The van der Waals surface area contributed by atoms with Gasteiger partial charge >= 0.3 is 0 Å². The second-order valence-corrected chi connectivity index (χ2v) is 7.75. The van der Waals surface area contributed by atoms with Gasteiger partial charge in [0.05, 0.1) is 12.7 Å². The monoisotopic (exact) mass is 358 g/mol. The van der Waals surface area contributed by atoms with Gasteiger partial charge in [0.1, 0.15) is 6.61 Å². The van der Waals surface area contributed by atoms with Gasteiger partial charge in [0.2, 0.25) is 5.91 Å². The summed E-state index contributed by atoms with van der Waals surface area (Å²) >= 11 is 0. The summed E-state index contributed by atoms with van der Waals surface area (Å²) in [5.74, 6) is 0.125. The Morgan fingerprint density at radius 1 is 1.08 bits per heavy atom. The fourth-order valence-electron chi connectivity index (χ4n) is 4.49. The number of hydrogen-bond acceptors (Lipinski definition) is 4. The van der Waals surface area contributed by atoms with E-state index >= 15 is 0 Å². The summed E-state index contributed by atoms with van der Waals surface area (Å²) in [5, 5.41) is 0. The predicted molar refractivity (Wildman–Crippen MR) is 100 cm³/mol. The van der Waals surface area contributed by atoms with Gasteiger partial charge in [-0.15, -0.1) is 0 Å². The maximum absolute atomic E-state index is 12.5. The van der Waals surface area contributed by atoms with Crippen molar-refractivity contribution in [3.63, 3.8) is 0 Å². The molecular formula is C21H30N2O3. The van der Waals surface area contributed by atoms with Gasteiger partial charge in [-0.05, 0) is 43.2 Å². The Bertz CT molecular complexity index is 590. The van der Waals surface area contributed by atoms with Crippen molar-refractivity contribution < 1.29 is 14.3 Å². The molecule has 1 aromatic rings. The van der Waals surface area contributed by atoms with Crippen LogP contribution >= 0.6 is 0 Å². The van der Waals surface area contributed by atoms with Crippen molar-refractivity contribution in [2.24, 2.45) is 0 Å². The second kappa shape index (κ2) is 8.51. The van der Waals surface area contributed by atoms with Crippen molar-refractivity contribution >= 4 is 5.91 Å². The average molecular weight is 358 g/mol. The Labute approximate surface area is 156 Å². The zero-order chi connectivity index (χ0) is 17.8. The van der Waals surface area contributed by atoms with E-state index in [1.807, 2.05) is 4.90 Å². The van der Waals surface area contributed by atoms with Crippen LogP contribution in [0.2, 0.25) is 0 Å². The number of carbonyl (C=O) groups excluding carboxylic acids is 1. The maximum Gasteiger partial charge on any atom is 0.248 e. The lowest BCUT2D eigenvalue weighted by Gasteiger charge is -2.27. The van der Waals surface area contributed by atoms with Crippen molar-refractivity contribution in [2.75, 3.05) is 46.0 Å². The summed E-state index contributed by atoms with van der Waals surface area (Å²) in [6.07, 6.45) is 5.69.